The van der Waals surface area contributed by atoms with E-state index in [1.165, 1.54) is 4.90 Å². The molecule has 19 heavy (non-hydrogen) atoms. The molecule has 0 radical (unpaired) electrons. The summed E-state index contributed by atoms with van der Waals surface area (Å²) in [5, 5.41) is 13.9. The Balaban J connectivity index is 2.40. The van der Waals surface area contributed by atoms with Gasteiger partial charge in [0.25, 0.3) is 0 Å². The molecule has 7 nitrogen and oxygen atoms in total. The molecule has 0 aromatic carbocycles. The normalized spacial score (nSPS) is 18.5. The van der Waals surface area contributed by atoms with E-state index >= 15 is 0 Å². The third kappa shape index (κ3) is 5.15. The molecule has 108 valence electrons. The molecule has 1 unspecified atom stereocenters. The van der Waals surface area contributed by atoms with Gasteiger partial charge in [0.1, 0.15) is 0 Å². The van der Waals surface area contributed by atoms with E-state index in [4.69, 9.17) is 5.11 Å². The van der Waals surface area contributed by atoms with E-state index in [0.29, 0.717) is 13.0 Å². The smallest absolute Gasteiger partial charge is 0.318 e. The number of carboxylic acid groups (broad SMARTS) is 1. The predicted molar refractivity (Wildman–Crippen MR) is 68.7 cm³/mol. The van der Waals surface area contributed by atoms with E-state index in [0.717, 1.165) is 6.42 Å². The van der Waals surface area contributed by atoms with Crippen LogP contribution in [0.4, 0.5) is 4.79 Å². The quantitative estimate of drug-likeness (QED) is 0.663. The lowest BCUT2D eigenvalue weighted by atomic mass is 10.1. The number of likely N-dealkylation sites (tertiary alicyclic amines) is 1. The van der Waals surface area contributed by atoms with Gasteiger partial charge in [0.15, 0.2) is 0 Å². The molecule has 1 atom stereocenters. The van der Waals surface area contributed by atoms with E-state index in [-0.39, 0.29) is 37.0 Å². The summed E-state index contributed by atoms with van der Waals surface area (Å²) in [4.78, 5) is 35.4. The summed E-state index contributed by atoms with van der Waals surface area (Å²) >= 11 is 0. The number of aliphatic carboxylic acids is 1. The fourth-order valence-corrected chi connectivity index (χ4v) is 2.15. The van der Waals surface area contributed by atoms with Crippen molar-refractivity contribution in [1.82, 2.24) is 15.5 Å². The second-order valence-corrected chi connectivity index (χ2v) is 4.97. The van der Waals surface area contributed by atoms with Crippen LogP contribution in [0.5, 0.6) is 0 Å². The minimum absolute atomic E-state index is 0.0240. The molecule has 0 aliphatic carbocycles. The zero-order valence-electron chi connectivity index (χ0n) is 11.3. The molecule has 0 aromatic heterocycles. The van der Waals surface area contributed by atoms with E-state index < -0.39 is 5.97 Å². The fourth-order valence-electron chi connectivity index (χ4n) is 2.15. The van der Waals surface area contributed by atoms with Gasteiger partial charge in [-0.05, 0) is 26.7 Å². The molecule has 0 aromatic rings. The minimum atomic E-state index is -0.915. The van der Waals surface area contributed by atoms with Crippen molar-refractivity contribution in [3.63, 3.8) is 0 Å². The fraction of sp³-hybridized carbons (Fsp3) is 0.750. The zero-order chi connectivity index (χ0) is 14.4. The summed E-state index contributed by atoms with van der Waals surface area (Å²) in [5.74, 6) is -1.17. The van der Waals surface area contributed by atoms with Crippen molar-refractivity contribution >= 4 is 17.9 Å². The van der Waals surface area contributed by atoms with Crippen molar-refractivity contribution in [3.8, 4) is 0 Å². The zero-order valence-corrected chi connectivity index (χ0v) is 11.3. The van der Waals surface area contributed by atoms with Crippen LogP contribution < -0.4 is 10.6 Å². The first kappa shape index (κ1) is 15.3. The lowest BCUT2D eigenvalue weighted by molar-refractivity contribution is -0.138. The van der Waals surface area contributed by atoms with Crippen LogP contribution >= 0.6 is 0 Å². The first-order valence-corrected chi connectivity index (χ1v) is 6.45. The van der Waals surface area contributed by atoms with Crippen molar-refractivity contribution in [2.75, 3.05) is 13.1 Å². The SMILES string of the molecule is CC(C)NC(=O)CNC(=O)N1CCCC1CC(=O)O. The van der Waals surface area contributed by atoms with E-state index in [2.05, 4.69) is 10.6 Å². The topological polar surface area (TPSA) is 98.7 Å². The van der Waals surface area contributed by atoms with Gasteiger partial charge in [-0.2, -0.15) is 0 Å². The van der Waals surface area contributed by atoms with Gasteiger partial charge in [0, 0.05) is 18.6 Å². The molecule has 1 heterocycles. The number of carbonyl (C=O) groups excluding carboxylic acids is 2. The van der Waals surface area contributed by atoms with Crippen LogP contribution in [0.15, 0.2) is 0 Å². The second kappa shape index (κ2) is 6.96. The molecule has 0 bridgehead atoms. The highest BCUT2D eigenvalue weighted by molar-refractivity contribution is 5.84. The number of carbonyl (C=O) groups is 3. The summed E-state index contributed by atoms with van der Waals surface area (Å²) in [5.41, 5.74) is 0. The van der Waals surface area contributed by atoms with Crippen molar-refractivity contribution < 1.29 is 19.5 Å². The van der Waals surface area contributed by atoms with Crippen LogP contribution in [-0.2, 0) is 9.59 Å². The Labute approximate surface area is 112 Å². The third-order valence-corrected chi connectivity index (χ3v) is 2.90. The first-order chi connectivity index (χ1) is 8.90. The average Bonchev–Trinajstić information content (AvgIpc) is 2.72. The number of nitrogens with one attached hydrogen (secondary N) is 2. The molecule has 3 N–H and O–H groups in total. The average molecular weight is 271 g/mol. The molecule has 0 spiro atoms. The van der Waals surface area contributed by atoms with Crippen LogP contribution in [-0.4, -0.2) is 53.1 Å². The summed E-state index contributed by atoms with van der Waals surface area (Å²) < 4.78 is 0. The summed E-state index contributed by atoms with van der Waals surface area (Å²) in [6, 6.07) is -0.621. The Morgan fingerprint density at radius 3 is 2.63 bits per heavy atom. The van der Waals surface area contributed by atoms with E-state index in [9.17, 15) is 14.4 Å². The first-order valence-electron chi connectivity index (χ1n) is 6.45. The largest absolute Gasteiger partial charge is 0.481 e. The number of amides is 3. The lowest BCUT2D eigenvalue weighted by Gasteiger charge is -2.23. The number of urea groups is 1. The Bertz CT molecular complexity index is 357. The van der Waals surface area contributed by atoms with Gasteiger partial charge >= 0.3 is 12.0 Å². The molecule has 1 aliphatic heterocycles. The van der Waals surface area contributed by atoms with Gasteiger partial charge in [-0.3, -0.25) is 9.59 Å². The molecular formula is C12H21N3O4. The summed E-state index contributed by atoms with van der Waals surface area (Å²) in [6.07, 6.45) is 1.44. The number of carboxylic acids is 1. The van der Waals surface area contributed by atoms with Crippen LogP contribution in [0.3, 0.4) is 0 Å². The maximum absolute atomic E-state index is 11.9. The lowest BCUT2D eigenvalue weighted by Crippen LogP contribution is -2.47. The predicted octanol–water partition coefficient (Wildman–Crippen LogP) is 0.160. The van der Waals surface area contributed by atoms with Gasteiger partial charge < -0.3 is 20.6 Å². The number of nitrogens with zero attached hydrogens (tertiary/aromatic N) is 1. The molecule has 1 saturated heterocycles. The number of hydrogen-bond donors (Lipinski definition) is 3. The minimum Gasteiger partial charge on any atom is -0.481 e. The number of hydrogen-bond acceptors (Lipinski definition) is 3. The van der Waals surface area contributed by atoms with E-state index in [1.807, 2.05) is 13.8 Å². The number of rotatable bonds is 5. The second-order valence-electron chi connectivity index (χ2n) is 4.97. The van der Waals surface area contributed by atoms with Crippen molar-refractivity contribution in [3.05, 3.63) is 0 Å². The van der Waals surface area contributed by atoms with Gasteiger partial charge in [0.05, 0.1) is 13.0 Å². The molecular weight excluding hydrogens is 250 g/mol. The van der Waals surface area contributed by atoms with Gasteiger partial charge in [-0.25, -0.2) is 4.79 Å². The standard InChI is InChI=1S/C12H21N3O4/c1-8(2)14-10(16)7-13-12(19)15-5-3-4-9(15)6-11(17)18/h8-9H,3-7H2,1-2H3,(H,13,19)(H,14,16)(H,17,18). The van der Waals surface area contributed by atoms with Crippen molar-refractivity contribution in [2.45, 2.75) is 45.2 Å². The Hall–Kier alpha value is -1.79. The maximum atomic E-state index is 11.9. The monoisotopic (exact) mass is 271 g/mol. The van der Waals surface area contributed by atoms with Gasteiger partial charge in [-0.15, -0.1) is 0 Å². The molecule has 0 saturated carbocycles. The summed E-state index contributed by atoms with van der Waals surface area (Å²) in [6.45, 7) is 4.12. The van der Waals surface area contributed by atoms with Gasteiger partial charge in [-0.1, -0.05) is 0 Å². The molecule has 1 fully saturated rings. The molecule has 1 aliphatic rings. The van der Waals surface area contributed by atoms with Crippen LogP contribution in [0.25, 0.3) is 0 Å². The van der Waals surface area contributed by atoms with Crippen molar-refractivity contribution in [2.24, 2.45) is 0 Å². The summed E-state index contributed by atoms with van der Waals surface area (Å²) in [7, 11) is 0. The molecule has 1 rings (SSSR count). The van der Waals surface area contributed by atoms with Crippen LogP contribution in [0.2, 0.25) is 0 Å². The van der Waals surface area contributed by atoms with Crippen LogP contribution in [0, 0.1) is 0 Å². The highest BCUT2D eigenvalue weighted by atomic mass is 16.4. The highest BCUT2D eigenvalue weighted by Gasteiger charge is 2.30. The highest BCUT2D eigenvalue weighted by Crippen LogP contribution is 2.19. The van der Waals surface area contributed by atoms with Crippen molar-refractivity contribution in [1.29, 1.82) is 0 Å². The maximum Gasteiger partial charge on any atom is 0.318 e. The Morgan fingerprint density at radius 2 is 2.05 bits per heavy atom. The Morgan fingerprint density at radius 1 is 1.37 bits per heavy atom. The molecule has 7 heteroatoms. The molecule has 3 amide bonds. The Kier molecular flexibility index (Phi) is 5.59. The van der Waals surface area contributed by atoms with Crippen LogP contribution in [0.1, 0.15) is 33.1 Å². The van der Waals surface area contributed by atoms with Gasteiger partial charge in [0.2, 0.25) is 5.91 Å². The third-order valence-electron chi connectivity index (χ3n) is 2.90. The van der Waals surface area contributed by atoms with E-state index in [1.54, 1.807) is 0 Å².